The molecule has 0 bridgehead atoms. The Morgan fingerprint density at radius 1 is 1.73 bits per heavy atom. The van der Waals surface area contributed by atoms with Crippen LogP contribution in [-0.2, 0) is 4.79 Å². The first-order valence-electron chi connectivity index (χ1n) is 3.40. The molecule has 1 rings (SSSR count). The van der Waals surface area contributed by atoms with E-state index in [0.717, 1.165) is 0 Å². The molecule has 5 heteroatoms. The van der Waals surface area contributed by atoms with Crippen molar-refractivity contribution in [2.75, 3.05) is 13.1 Å². The summed E-state index contributed by atoms with van der Waals surface area (Å²) in [6.07, 6.45) is 0. The van der Waals surface area contributed by atoms with Gasteiger partial charge in [-0.3, -0.25) is 9.46 Å². The van der Waals surface area contributed by atoms with E-state index in [1.807, 2.05) is 0 Å². The van der Waals surface area contributed by atoms with Crippen molar-refractivity contribution in [1.82, 2.24) is 4.67 Å². The first kappa shape index (κ1) is 8.91. The van der Waals surface area contributed by atoms with Gasteiger partial charge in [-0.25, -0.2) is 0 Å². The van der Waals surface area contributed by atoms with Gasteiger partial charge in [-0.2, -0.15) is 0 Å². The Hall–Kier alpha value is -0.180. The molecule has 0 radical (unpaired) electrons. The van der Waals surface area contributed by atoms with E-state index in [1.165, 1.54) is 6.92 Å². The van der Waals surface area contributed by atoms with Crippen LogP contribution >= 0.6 is 9.39 Å². The van der Waals surface area contributed by atoms with Gasteiger partial charge in [0.2, 0.25) is 0 Å². The minimum absolute atomic E-state index is 0.422. The molecule has 1 aliphatic rings. The summed E-state index contributed by atoms with van der Waals surface area (Å²) in [5.74, 6) is -1.62. The summed E-state index contributed by atoms with van der Waals surface area (Å²) in [6.45, 7) is 2.37. The second-order valence-electron chi connectivity index (χ2n) is 3.07. The van der Waals surface area contributed by atoms with Gasteiger partial charge in [0, 0.05) is 13.1 Å². The molecule has 1 fully saturated rings. The summed E-state index contributed by atoms with van der Waals surface area (Å²) in [6, 6.07) is 0. The zero-order valence-corrected chi connectivity index (χ0v) is 7.47. The van der Waals surface area contributed by atoms with E-state index in [-0.39, 0.29) is 0 Å². The molecule has 0 aliphatic carbocycles. The molecule has 0 saturated carbocycles. The fourth-order valence-corrected chi connectivity index (χ4v) is 1.79. The monoisotopic (exact) mass is 177 g/mol. The summed E-state index contributed by atoms with van der Waals surface area (Å²) < 4.78 is 1.81. The standard InChI is InChI=1S/C6H12NO3P/c1-4(5(8)9)6(10)2-7(11)3-6/h4,10H,2-3,11H2,1H3,(H,8,9)/t4-/m1/s1. The first-order valence-corrected chi connectivity index (χ1v) is 3.92. The number of carboxylic acids is 1. The molecule has 0 aromatic carbocycles. The van der Waals surface area contributed by atoms with Crippen LogP contribution in [0.15, 0.2) is 0 Å². The molecular formula is C6H12NO3P. The second kappa shape index (κ2) is 2.70. The number of nitrogens with zero attached hydrogens (tertiary/aromatic N) is 1. The molecule has 11 heavy (non-hydrogen) atoms. The molecule has 4 nitrogen and oxygen atoms in total. The maximum absolute atomic E-state index is 10.5. The highest BCUT2D eigenvalue weighted by Gasteiger charge is 2.46. The lowest BCUT2D eigenvalue weighted by Crippen LogP contribution is -2.62. The Bertz CT molecular complexity index is 179. The van der Waals surface area contributed by atoms with Crippen LogP contribution in [0.5, 0.6) is 0 Å². The molecule has 1 heterocycles. The molecule has 1 aliphatic heterocycles. The molecule has 2 N–H and O–H groups in total. The third kappa shape index (κ3) is 1.53. The van der Waals surface area contributed by atoms with E-state index in [2.05, 4.69) is 9.39 Å². The van der Waals surface area contributed by atoms with Crippen LogP contribution in [0.3, 0.4) is 0 Å². The van der Waals surface area contributed by atoms with Crippen LogP contribution in [-0.4, -0.2) is 39.5 Å². The van der Waals surface area contributed by atoms with Crippen molar-refractivity contribution in [2.24, 2.45) is 5.92 Å². The van der Waals surface area contributed by atoms with Gasteiger partial charge in [-0.1, -0.05) is 9.39 Å². The number of β-amino-alcohol motifs (C(OH)–C–C–N with tert-alkyl or cyclic N) is 1. The lowest BCUT2D eigenvalue weighted by Gasteiger charge is -2.46. The lowest BCUT2D eigenvalue weighted by molar-refractivity contribution is -0.160. The summed E-state index contributed by atoms with van der Waals surface area (Å²) in [5, 5.41) is 18.2. The molecule has 2 atom stereocenters. The van der Waals surface area contributed by atoms with E-state index >= 15 is 0 Å². The fourth-order valence-electron chi connectivity index (χ4n) is 1.16. The molecule has 0 amide bonds. The number of carboxylic acid groups (broad SMARTS) is 1. The van der Waals surface area contributed by atoms with Crippen LogP contribution in [0.1, 0.15) is 6.92 Å². The molecule has 0 aromatic rings. The predicted octanol–water partition coefficient (Wildman–Crippen LogP) is -0.456. The third-order valence-electron chi connectivity index (χ3n) is 2.13. The van der Waals surface area contributed by atoms with Crippen LogP contribution in [0.4, 0.5) is 0 Å². The van der Waals surface area contributed by atoms with E-state index in [0.29, 0.717) is 13.1 Å². The fraction of sp³-hybridized carbons (Fsp3) is 0.833. The van der Waals surface area contributed by atoms with E-state index in [1.54, 1.807) is 4.67 Å². The molecule has 0 aromatic heterocycles. The predicted molar refractivity (Wildman–Crippen MR) is 43.0 cm³/mol. The largest absolute Gasteiger partial charge is 0.481 e. The topological polar surface area (TPSA) is 60.8 Å². The highest BCUT2D eigenvalue weighted by molar-refractivity contribution is 7.13. The number of rotatable bonds is 2. The van der Waals surface area contributed by atoms with E-state index < -0.39 is 17.5 Å². The summed E-state index contributed by atoms with van der Waals surface area (Å²) >= 11 is 0. The van der Waals surface area contributed by atoms with Crippen LogP contribution in [0, 0.1) is 5.92 Å². The number of aliphatic carboxylic acids is 1. The second-order valence-corrected chi connectivity index (χ2v) is 3.80. The zero-order valence-electron chi connectivity index (χ0n) is 6.32. The average molecular weight is 177 g/mol. The van der Waals surface area contributed by atoms with Crippen molar-refractivity contribution in [2.45, 2.75) is 12.5 Å². The van der Waals surface area contributed by atoms with Crippen LogP contribution < -0.4 is 0 Å². The minimum atomic E-state index is -1.02. The zero-order chi connectivity index (χ0) is 8.65. The minimum Gasteiger partial charge on any atom is -0.481 e. The quantitative estimate of drug-likeness (QED) is 0.560. The first-order chi connectivity index (χ1) is 4.96. The Kier molecular flexibility index (Phi) is 2.19. The number of carbonyl (C=O) groups is 1. The van der Waals surface area contributed by atoms with Crippen molar-refractivity contribution in [3.63, 3.8) is 0 Å². The lowest BCUT2D eigenvalue weighted by atomic mass is 9.84. The van der Waals surface area contributed by atoms with Crippen LogP contribution in [0.25, 0.3) is 0 Å². The van der Waals surface area contributed by atoms with Gasteiger partial charge in [0.1, 0.15) is 5.60 Å². The van der Waals surface area contributed by atoms with Gasteiger partial charge >= 0.3 is 5.97 Å². The molecule has 0 spiro atoms. The van der Waals surface area contributed by atoms with Gasteiger partial charge in [0.15, 0.2) is 0 Å². The molecule has 64 valence electrons. The van der Waals surface area contributed by atoms with Gasteiger partial charge in [0.05, 0.1) is 5.92 Å². The Morgan fingerprint density at radius 3 is 2.45 bits per heavy atom. The van der Waals surface area contributed by atoms with E-state index in [9.17, 15) is 9.90 Å². The van der Waals surface area contributed by atoms with E-state index in [4.69, 9.17) is 5.11 Å². The maximum Gasteiger partial charge on any atom is 0.309 e. The van der Waals surface area contributed by atoms with Gasteiger partial charge in [-0.15, -0.1) is 0 Å². The summed E-state index contributed by atoms with van der Waals surface area (Å²) in [5.41, 5.74) is -1.02. The Labute approximate surface area is 67.5 Å². The number of aliphatic hydroxyl groups is 1. The molecule has 1 saturated heterocycles. The van der Waals surface area contributed by atoms with Gasteiger partial charge in [0.25, 0.3) is 0 Å². The van der Waals surface area contributed by atoms with Crippen LogP contribution in [0.2, 0.25) is 0 Å². The number of hydrogen-bond acceptors (Lipinski definition) is 3. The average Bonchev–Trinajstić information content (AvgIpc) is 1.83. The van der Waals surface area contributed by atoms with Gasteiger partial charge in [-0.05, 0) is 6.92 Å². The third-order valence-corrected chi connectivity index (χ3v) is 2.50. The highest BCUT2D eigenvalue weighted by Crippen LogP contribution is 2.30. The van der Waals surface area contributed by atoms with Crippen molar-refractivity contribution in [1.29, 1.82) is 0 Å². The maximum atomic E-state index is 10.5. The van der Waals surface area contributed by atoms with Crippen molar-refractivity contribution < 1.29 is 15.0 Å². The molecular weight excluding hydrogens is 165 g/mol. The Balaban J connectivity index is 2.54. The van der Waals surface area contributed by atoms with Crippen molar-refractivity contribution in [3.05, 3.63) is 0 Å². The van der Waals surface area contributed by atoms with Crippen molar-refractivity contribution >= 4 is 15.4 Å². The Morgan fingerprint density at radius 2 is 2.18 bits per heavy atom. The highest BCUT2D eigenvalue weighted by atomic mass is 31.0. The molecule has 1 unspecified atom stereocenters. The van der Waals surface area contributed by atoms with Gasteiger partial charge < -0.3 is 10.2 Å². The SMILES string of the molecule is C[C@H](C(=O)O)C1(O)CN(P)C1. The summed E-state index contributed by atoms with van der Waals surface area (Å²) in [4.78, 5) is 10.5. The van der Waals surface area contributed by atoms with Crippen molar-refractivity contribution in [3.8, 4) is 0 Å². The normalized spacial score (nSPS) is 25.7. The summed E-state index contributed by atoms with van der Waals surface area (Å²) in [7, 11) is 2.42. The smallest absolute Gasteiger partial charge is 0.309 e. The number of hydrogen-bond donors (Lipinski definition) is 2.